The van der Waals surface area contributed by atoms with Crippen LogP contribution >= 0.6 is 27.5 Å². The Morgan fingerprint density at radius 3 is 2.38 bits per heavy atom. The molecule has 37 heavy (non-hydrogen) atoms. The van der Waals surface area contributed by atoms with E-state index in [0.717, 1.165) is 15.6 Å². The van der Waals surface area contributed by atoms with Crippen molar-refractivity contribution in [2.45, 2.75) is 13.5 Å². The van der Waals surface area contributed by atoms with Crippen molar-refractivity contribution >= 4 is 45.6 Å². The molecule has 186 valence electrons. The highest BCUT2D eigenvalue weighted by atomic mass is 79.9. The summed E-state index contributed by atoms with van der Waals surface area (Å²) in [5.41, 5.74) is 5.54. The second-order valence-corrected chi connectivity index (χ2v) is 9.35. The molecule has 1 N–H and O–H groups in total. The van der Waals surface area contributed by atoms with Crippen LogP contribution in [0.5, 0.6) is 11.5 Å². The third-order valence-corrected chi connectivity index (χ3v) is 6.09. The van der Waals surface area contributed by atoms with Crippen LogP contribution in [0.4, 0.5) is 0 Å². The summed E-state index contributed by atoms with van der Waals surface area (Å²) in [7, 11) is 0. The molecule has 0 bridgehead atoms. The minimum absolute atomic E-state index is 0.276. The molecular formula is C29H22BrClN2O4. The molecule has 0 saturated heterocycles. The van der Waals surface area contributed by atoms with Gasteiger partial charge in [0.15, 0.2) is 0 Å². The SMILES string of the molecule is Cc1ccccc1C(=O)Oc1ccc(Br)cc1/C=N\NC(=O)c1ccccc1OCc1ccc(Cl)cc1. The molecule has 0 aliphatic carbocycles. The van der Waals surface area contributed by atoms with Crippen LogP contribution in [-0.2, 0) is 6.61 Å². The van der Waals surface area contributed by atoms with E-state index in [4.69, 9.17) is 21.1 Å². The number of esters is 1. The summed E-state index contributed by atoms with van der Waals surface area (Å²) in [4.78, 5) is 25.5. The second kappa shape index (κ2) is 12.3. The van der Waals surface area contributed by atoms with Gasteiger partial charge >= 0.3 is 5.97 Å². The molecule has 0 unspecified atom stereocenters. The predicted octanol–water partition coefficient (Wildman–Crippen LogP) is 6.97. The number of nitrogens with zero attached hydrogens (tertiary/aromatic N) is 1. The minimum Gasteiger partial charge on any atom is -0.488 e. The number of halogens is 2. The molecule has 0 fully saturated rings. The van der Waals surface area contributed by atoms with Gasteiger partial charge in [-0.25, -0.2) is 10.2 Å². The van der Waals surface area contributed by atoms with Gasteiger partial charge in [-0.2, -0.15) is 5.10 Å². The first-order valence-corrected chi connectivity index (χ1v) is 12.4. The van der Waals surface area contributed by atoms with Crippen molar-refractivity contribution in [3.8, 4) is 11.5 Å². The van der Waals surface area contributed by atoms with Crippen LogP contribution < -0.4 is 14.9 Å². The fourth-order valence-electron chi connectivity index (χ4n) is 3.41. The molecule has 4 aromatic rings. The lowest BCUT2D eigenvalue weighted by molar-refractivity contribution is 0.0733. The Hall–Kier alpha value is -3.94. The van der Waals surface area contributed by atoms with E-state index in [1.54, 1.807) is 66.7 Å². The minimum atomic E-state index is -0.481. The summed E-state index contributed by atoms with van der Waals surface area (Å²) in [6.07, 6.45) is 1.42. The van der Waals surface area contributed by atoms with E-state index >= 15 is 0 Å². The summed E-state index contributed by atoms with van der Waals surface area (Å²) in [5, 5.41) is 4.72. The molecule has 0 atom stereocenters. The topological polar surface area (TPSA) is 77.0 Å². The summed E-state index contributed by atoms with van der Waals surface area (Å²) >= 11 is 9.34. The Morgan fingerprint density at radius 2 is 1.62 bits per heavy atom. The summed E-state index contributed by atoms with van der Waals surface area (Å²) < 4.78 is 12.2. The number of carbonyl (C=O) groups is 2. The van der Waals surface area contributed by atoms with Gasteiger partial charge < -0.3 is 9.47 Å². The number of rotatable bonds is 8. The first-order valence-electron chi connectivity index (χ1n) is 11.3. The van der Waals surface area contributed by atoms with E-state index in [1.807, 2.05) is 31.2 Å². The van der Waals surface area contributed by atoms with Gasteiger partial charge in [-0.05, 0) is 66.6 Å². The Balaban J connectivity index is 1.45. The highest BCUT2D eigenvalue weighted by Crippen LogP contribution is 2.24. The Morgan fingerprint density at radius 1 is 0.919 bits per heavy atom. The van der Waals surface area contributed by atoms with Crippen LogP contribution in [0.1, 0.15) is 37.4 Å². The van der Waals surface area contributed by atoms with Crippen molar-refractivity contribution in [1.29, 1.82) is 0 Å². The molecule has 4 aromatic carbocycles. The molecular weight excluding hydrogens is 556 g/mol. The van der Waals surface area contributed by atoms with Crippen LogP contribution in [0.3, 0.4) is 0 Å². The van der Waals surface area contributed by atoms with Gasteiger partial charge in [0.2, 0.25) is 0 Å². The van der Waals surface area contributed by atoms with E-state index in [0.29, 0.717) is 33.2 Å². The first-order chi connectivity index (χ1) is 17.9. The van der Waals surface area contributed by atoms with Crippen molar-refractivity contribution in [2.75, 3.05) is 0 Å². The highest BCUT2D eigenvalue weighted by molar-refractivity contribution is 9.10. The standard InChI is InChI=1S/C29H22BrClN2O4/c1-19-6-2-3-7-24(19)29(35)37-26-15-12-22(30)16-21(26)17-32-33-28(34)25-8-4-5-9-27(25)36-18-20-10-13-23(31)14-11-20/h2-17H,18H2,1H3,(H,33,34)/b32-17-. The van der Waals surface area contributed by atoms with Gasteiger partial charge in [0.1, 0.15) is 18.1 Å². The molecule has 0 spiro atoms. The van der Waals surface area contributed by atoms with E-state index in [9.17, 15) is 9.59 Å². The maximum absolute atomic E-state index is 12.8. The molecule has 4 rings (SSSR count). The Labute approximate surface area is 228 Å². The predicted molar refractivity (Wildman–Crippen MR) is 148 cm³/mol. The van der Waals surface area contributed by atoms with Gasteiger partial charge in [-0.15, -0.1) is 0 Å². The van der Waals surface area contributed by atoms with E-state index in [1.165, 1.54) is 6.21 Å². The third-order valence-electron chi connectivity index (χ3n) is 5.35. The van der Waals surface area contributed by atoms with Gasteiger partial charge in [-0.1, -0.05) is 70.0 Å². The highest BCUT2D eigenvalue weighted by Gasteiger charge is 2.14. The van der Waals surface area contributed by atoms with Crippen LogP contribution in [-0.4, -0.2) is 18.1 Å². The molecule has 0 aromatic heterocycles. The first kappa shape index (κ1) is 26.1. The van der Waals surface area contributed by atoms with Crippen LogP contribution in [0.25, 0.3) is 0 Å². The number of amides is 1. The molecule has 0 aliphatic rings. The molecule has 0 radical (unpaired) electrons. The summed E-state index contributed by atoms with van der Waals surface area (Å²) in [6.45, 7) is 2.12. The lowest BCUT2D eigenvalue weighted by Crippen LogP contribution is -2.19. The van der Waals surface area contributed by atoms with E-state index in [2.05, 4.69) is 26.5 Å². The number of hydrogen-bond acceptors (Lipinski definition) is 5. The fourth-order valence-corrected chi connectivity index (χ4v) is 3.92. The lowest BCUT2D eigenvalue weighted by Gasteiger charge is -2.11. The van der Waals surface area contributed by atoms with Crippen molar-refractivity contribution in [3.63, 3.8) is 0 Å². The number of para-hydroxylation sites is 1. The van der Waals surface area contributed by atoms with Crippen molar-refractivity contribution in [1.82, 2.24) is 5.43 Å². The fraction of sp³-hybridized carbons (Fsp3) is 0.0690. The molecule has 6 nitrogen and oxygen atoms in total. The smallest absolute Gasteiger partial charge is 0.343 e. The maximum Gasteiger partial charge on any atom is 0.343 e. The number of carbonyl (C=O) groups excluding carboxylic acids is 2. The summed E-state index contributed by atoms with van der Waals surface area (Å²) in [6, 6.07) is 26.5. The van der Waals surface area contributed by atoms with Gasteiger partial charge in [0.05, 0.1) is 17.3 Å². The number of hydrogen-bond donors (Lipinski definition) is 1. The van der Waals surface area contributed by atoms with Gasteiger partial charge in [0, 0.05) is 15.1 Å². The maximum atomic E-state index is 12.8. The van der Waals surface area contributed by atoms with Crippen LogP contribution in [0, 0.1) is 6.92 Å². The van der Waals surface area contributed by atoms with Crippen LogP contribution in [0.2, 0.25) is 5.02 Å². The normalized spacial score (nSPS) is 10.8. The average molecular weight is 578 g/mol. The molecule has 0 saturated carbocycles. The lowest BCUT2D eigenvalue weighted by atomic mass is 10.1. The van der Waals surface area contributed by atoms with Crippen molar-refractivity contribution < 1.29 is 19.1 Å². The second-order valence-electron chi connectivity index (χ2n) is 8.00. The molecule has 0 aliphatic heterocycles. The number of aryl methyl sites for hydroxylation is 1. The monoisotopic (exact) mass is 576 g/mol. The van der Waals surface area contributed by atoms with E-state index in [-0.39, 0.29) is 6.61 Å². The van der Waals surface area contributed by atoms with Crippen molar-refractivity contribution in [2.24, 2.45) is 5.10 Å². The van der Waals surface area contributed by atoms with Crippen molar-refractivity contribution in [3.05, 3.63) is 128 Å². The number of hydrazone groups is 1. The zero-order chi connectivity index (χ0) is 26.2. The quantitative estimate of drug-likeness (QED) is 0.106. The number of nitrogens with one attached hydrogen (secondary N) is 1. The Kier molecular flexibility index (Phi) is 8.72. The zero-order valence-electron chi connectivity index (χ0n) is 19.8. The largest absolute Gasteiger partial charge is 0.488 e. The van der Waals surface area contributed by atoms with Gasteiger partial charge in [-0.3, -0.25) is 4.79 Å². The molecule has 0 heterocycles. The zero-order valence-corrected chi connectivity index (χ0v) is 22.1. The molecule has 8 heteroatoms. The van der Waals surface area contributed by atoms with Gasteiger partial charge in [0.25, 0.3) is 5.91 Å². The van der Waals surface area contributed by atoms with E-state index < -0.39 is 11.9 Å². The van der Waals surface area contributed by atoms with Crippen LogP contribution in [0.15, 0.2) is 101 Å². The Bertz CT molecular complexity index is 1450. The number of ether oxygens (including phenoxy) is 2. The average Bonchev–Trinajstić information content (AvgIpc) is 2.90. The molecule has 1 amide bonds. The summed E-state index contributed by atoms with van der Waals surface area (Å²) in [5.74, 6) is -0.205. The third kappa shape index (κ3) is 7.06. The number of benzene rings is 4.